The lowest BCUT2D eigenvalue weighted by molar-refractivity contribution is 0.0767. The number of carbonyl (C=O) groups is 1. The maximum absolute atomic E-state index is 11.7. The van der Waals surface area contributed by atoms with E-state index >= 15 is 0 Å². The van der Waals surface area contributed by atoms with Gasteiger partial charge in [-0.2, -0.15) is 0 Å². The molecule has 70 valence electrons. The standard InChI is InChI=1S/C11H15NO/c1-8-6-12(7-9(8)2)10(13)11(3,4)5/h6-7H,1-2H2,3-5H3. The molecule has 0 aliphatic rings. The molecule has 13 heavy (non-hydrogen) atoms. The van der Waals surface area contributed by atoms with Gasteiger partial charge in [-0.05, 0) is 25.0 Å². The van der Waals surface area contributed by atoms with Crippen molar-refractivity contribution in [1.29, 1.82) is 0 Å². The van der Waals surface area contributed by atoms with E-state index in [9.17, 15) is 4.79 Å². The maximum atomic E-state index is 11.7. The van der Waals surface area contributed by atoms with Crippen molar-refractivity contribution in [2.75, 3.05) is 0 Å². The van der Waals surface area contributed by atoms with E-state index in [0.29, 0.717) is 0 Å². The average Bonchev–Trinajstić information content (AvgIpc) is 2.29. The molecule has 2 heteroatoms. The lowest BCUT2D eigenvalue weighted by atomic mass is 9.96. The molecule has 1 heterocycles. The first-order chi connectivity index (χ1) is 5.82. The maximum Gasteiger partial charge on any atom is 0.235 e. The highest BCUT2D eigenvalue weighted by Gasteiger charge is 2.22. The number of nitrogens with zero attached hydrogens (tertiary/aromatic N) is 1. The number of aromatic nitrogens is 1. The molecule has 0 aliphatic carbocycles. The molecule has 0 fully saturated rings. The molecule has 0 aliphatic heterocycles. The lowest BCUT2D eigenvalue weighted by Crippen LogP contribution is -2.25. The number of rotatable bonds is 0. The molecule has 1 rings (SSSR count). The van der Waals surface area contributed by atoms with Crippen molar-refractivity contribution in [3.63, 3.8) is 0 Å². The predicted molar refractivity (Wildman–Crippen MR) is 53.4 cm³/mol. The van der Waals surface area contributed by atoms with Gasteiger partial charge in [-0.25, -0.2) is 0 Å². The zero-order chi connectivity index (χ0) is 10.2. The van der Waals surface area contributed by atoms with Crippen LogP contribution in [0, 0.1) is 19.3 Å². The predicted octanol–water partition coefficient (Wildman–Crippen LogP) is 2.54. The van der Waals surface area contributed by atoms with Gasteiger partial charge >= 0.3 is 0 Å². The number of carbonyl (C=O) groups excluding carboxylic acids is 1. The summed E-state index contributed by atoms with van der Waals surface area (Å²) in [6, 6.07) is 0. The summed E-state index contributed by atoms with van der Waals surface area (Å²) < 4.78 is 1.56. The van der Waals surface area contributed by atoms with Crippen LogP contribution in [0.1, 0.15) is 36.7 Å². The first-order valence-electron chi connectivity index (χ1n) is 4.23. The quantitative estimate of drug-likeness (QED) is 0.597. The fourth-order valence-corrected chi connectivity index (χ4v) is 1.04. The Bertz CT molecular complexity index is 309. The highest BCUT2D eigenvalue weighted by molar-refractivity contribution is 5.84. The molecule has 0 saturated heterocycles. The summed E-state index contributed by atoms with van der Waals surface area (Å²) >= 11 is 0. The fourth-order valence-electron chi connectivity index (χ4n) is 1.04. The van der Waals surface area contributed by atoms with Gasteiger partial charge in [0.05, 0.1) is 0 Å². The SMILES string of the molecule is [CH2]c1cn(C(=O)C(C)(C)C)cc1[CH2]. The van der Waals surface area contributed by atoms with Crippen LogP contribution in [0.4, 0.5) is 0 Å². The van der Waals surface area contributed by atoms with Gasteiger partial charge in [-0.3, -0.25) is 9.36 Å². The third kappa shape index (κ3) is 2.00. The van der Waals surface area contributed by atoms with Crippen molar-refractivity contribution in [2.45, 2.75) is 20.8 Å². The van der Waals surface area contributed by atoms with E-state index in [4.69, 9.17) is 0 Å². The van der Waals surface area contributed by atoms with Gasteiger partial charge in [-0.1, -0.05) is 20.8 Å². The zero-order valence-electron chi connectivity index (χ0n) is 8.42. The minimum atomic E-state index is -0.363. The zero-order valence-corrected chi connectivity index (χ0v) is 8.42. The van der Waals surface area contributed by atoms with Crippen molar-refractivity contribution in [1.82, 2.24) is 4.57 Å². The Morgan fingerprint density at radius 3 is 1.92 bits per heavy atom. The average molecular weight is 177 g/mol. The van der Waals surface area contributed by atoms with Crippen molar-refractivity contribution in [3.05, 3.63) is 37.4 Å². The van der Waals surface area contributed by atoms with Crippen LogP contribution in [0.5, 0.6) is 0 Å². The van der Waals surface area contributed by atoms with Gasteiger partial charge in [0, 0.05) is 17.8 Å². The second kappa shape index (κ2) is 3.02. The normalized spacial score (nSPS) is 11.8. The molecule has 0 spiro atoms. The van der Waals surface area contributed by atoms with E-state index < -0.39 is 0 Å². The smallest absolute Gasteiger partial charge is 0.235 e. The summed E-state index contributed by atoms with van der Waals surface area (Å²) in [6.07, 6.45) is 3.44. The molecule has 1 aromatic heterocycles. The fraction of sp³-hybridized carbons (Fsp3) is 0.364. The Hall–Kier alpha value is -1.05. The highest BCUT2D eigenvalue weighted by atomic mass is 16.2. The van der Waals surface area contributed by atoms with E-state index in [1.807, 2.05) is 20.8 Å². The summed E-state index contributed by atoms with van der Waals surface area (Å²) in [4.78, 5) is 11.7. The Labute approximate surface area is 79.6 Å². The summed E-state index contributed by atoms with van der Waals surface area (Å²) in [5, 5.41) is 0. The van der Waals surface area contributed by atoms with Gasteiger partial charge in [-0.15, -0.1) is 0 Å². The van der Waals surface area contributed by atoms with Crippen LogP contribution in [-0.4, -0.2) is 10.5 Å². The van der Waals surface area contributed by atoms with Crippen molar-refractivity contribution in [3.8, 4) is 0 Å². The molecule has 1 aromatic rings. The van der Waals surface area contributed by atoms with Crippen LogP contribution in [0.3, 0.4) is 0 Å². The molecule has 2 radical (unpaired) electrons. The Morgan fingerprint density at radius 1 is 1.23 bits per heavy atom. The molecule has 0 N–H and O–H groups in total. The molecule has 2 nitrogen and oxygen atoms in total. The Morgan fingerprint density at radius 2 is 1.62 bits per heavy atom. The largest absolute Gasteiger partial charge is 0.294 e. The first kappa shape index (κ1) is 10.0. The summed E-state index contributed by atoms with van der Waals surface area (Å²) in [5.74, 6) is 0.0623. The van der Waals surface area contributed by atoms with Crippen LogP contribution < -0.4 is 0 Å². The van der Waals surface area contributed by atoms with Crippen LogP contribution in [0.25, 0.3) is 0 Å². The Balaban J connectivity index is 3.03. The summed E-state index contributed by atoms with van der Waals surface area (Å²) in [5.41, 5.74) is 1.24. The van der Waals surface area contributed by atoms with E-state index in [0.717, 1.165) is 11.1 Å². The van der Waals surface area contributed by atoms with Gasteiger partial charge in [0.1, 0.15) is 0 Å². The van der Waals surface area contributed by atoms with E-state index in [2.05, 4.69) is 13.8 Å². The minimum absolute atomic E-state index is 0.0623. The third-order valence-electron chi connectivity index (χ3n) is 1.88. The summed E-state index contributed by atoms with van der Waals surface area (Å²) in [7, 11) is 0. The summed E-state index contributed by atoms with van der Waals surface area (Å²) in [6.45, 7) is 13.2. The molecule has 0 bridgehead atoms. The van der Waals surface area contributed by atoms with Crippen LogP contribution in [-0.2, 0) is 0 Å². The monoisotopic (exact) mass is 177 g/mol. The van der Waals surface area contributed by atoms with Gasteiger partial charge in [0.15, 0.2) is 0 Å². The van der Waals surface area contributed by atoms with Crippen molar-refractivity contribution >= 4 is 5.91 Å². The second-order valence-corrected chi connectivity index (χ2v) is 4.27. The minimum Gasteiger partial charge on any atom is -0.294 e. The second-order valence-electron chi connectivity index (χ2n) is 4.27. The third-order valence-corrected chi connectivity index (χ3v) is 1.88. The molecular formula is C11H15NO. The molecule has 0 saturated carbocycles. The van der Waals surface area contributed by atoms with Gasteiger partial charge in [0.25, 0.3) is 0 Å². The highest BCUT2D eigenvalue weighted by Crippen LogP contribution is 2.18. The van der Waals surface area contributed by atoms with Crippen molar-refractivity contribution in [2.24, 2.45) is 5.41 Å². The number of hydrogen-bond acceptors (Lipinski definition) is 1. The van der Waals surface area contributed by atoms with Crippen LogP contribution >= 0.6 is 0 Å². The van der Waals surface area contributed by atoms with Crippen molar-refractivity contribution < 1.29 is 4.79 Å². The van der Waals surface area contributed by atoms with E-state index in [1.165, 1.54) is 0 Å². The topological polar surface area (TPSA) is 22.0 Å². The molecular weight excluding hydrogens is 162 g/mol. The van der Waals surface area contributed by atoms with Crippen LogP contribution in [0.2, 0.25) is 0 Å². The van der Waals surface area contributed by atoms with Gasteiger partial charge < -0.3 is 0 Å². The molecule has 0 unspecified atom stereocenters. The van der Waals surface area contributed by atoms with Gasteiger partial charge in [0.2, 0.25) is 5.91 Å². The van der Waals surface area contributed by atoms with Crippen LogP contribution in [0.15, 0.2) is 12.4 Å². The molecule has 0 amide bonds. The Kier molecular flexibility index (Phi) is 2.33. The first-order valence-corrected chi connectivity index (χ1v) is 4.23. The molecule has 0 aromatic carbocycles. The van der Waals surface area contributed by atoms with E-state index in [1.54, 1.807) is 17.0 Å². The molecule has 0 atom stereocenters. The number of hydrogen-bond donors (Lipinski definition) is 0. The van der Waals surface area contributed by atoms with E-state index in [-0.39, 0.29) is 11.3 Å². The lowest BCUT2D eigenvalue weighted by Gasteiger charge is -2.16.